The van der Waals surface area contributed by atoms with Crippen LogP contribution in [0.2, 0.25) is 0 Å². The van der Waals surface area contributed by atoms with E-state index in [9.17, 15) is 23.1 Å². The zero-order valence-corrected chi connectivity index (χ0v) is 43.0. The first kappa shape index (κ1) is 50.2. The number of rotatable bonds is 12. The molecule has 67 heavy (non-hydrogen) atoms. The maximum absolute atomic E-state index is 12.3. The SMILES string of the molecule is CCC(CC)C(=O)/C=C(\O)C(CC)CC(F)(F)F.[2H]c1cc2cc(C3CCCC3)ccc2c(-c2[c-]c(C)cc(C(C)C)c2)n1.[2H]c1cc2cc(C3CCCC3)ccc2c(-c2[c-]c(C)cc(C)c2)n1.[Ir]. The Balaban J connectivity index is 0.000000196. The second-order valence-electron chi connectivity index (χ2n) is 19.0. The molecule has 1 unspecified atom stereocenters. The zero-order valence-electron chi connectivity index (χ0n) is 42.6. The van der Waals surface area contributed by atoms with Crippen molar-refractivity contribution in [2.45, 2.75) is 156 Å². The molecule has 0 aliphatic heterocycles. The minimum absolute atomic E-state index is 0. The first-order valence-electron chi connectivity index (χ1n) is 25.2. The van der Waals surface area contributed by atoms with Crippen LogP contribution in [0.25, 0.3) is 44.1 Å². The van der Waals surface area contributed by atoms with Crippen molar-refractivity contribution in [1.29, 1.82) is 0 Å². The zero-order chi connectivity index (χ0) is 49.3. The molecule has 8 heteroatoms. The number of hydrogen-bond donors (Lipinski definition) is 1. The number of alkyl halides is 3. The number of nitrogens with zero attached hydrogens (tertiary/aromatic N) is 2. The molecule has 4 nitrogen and oxygen atoms in total. The van der Waals surface area contributed by atoms with E-state index in [0.29, 0.717) is 42.9 Å². The molecule has 1 N–H and O–H groups in total. The fourth-order valence-corrected chi connectivity index (χ4v) is 9.76. The van der Waals surface area contributed by atoms with Gasteiger partial charge in [-0.3, -0.25) is 4.79 Å². The number of aryl methyl sites for hydroxylation is 3. The second kappa shape index (κ2) is 24.6. The molecule has 0 bridgehead atoms. The normalized spacial score (nSPS) is 15.4. The van der Waals surface area contributed by atoms with Crippen LogP contribution in [0.5, 0.6) is 0 Å². The first-order chi connectivity index (χ1) is 32.4. The van der Waals surface area contributed by atoms with Crippen LogP contribution in [-0.4, -0.2) is 27.0 Å². The van der Waals surface area contributed by atoms with Crippen LogP contribution in [-0.2, 0) is 24.9 Å². The summed E-state index contributed by atoms with van der Waals surface area (Å²) in [4.78, 5) is 20.8. The monoisotopic (exact) mass is 1090 g/mol. The Morgan fingerprint density at radius 3 is 1.61 bits per heavy atom. The Kier molecular flexibility index (Phi) is 18.4. The van der Waals surface area contributed by atoms with Gasteiger partial charge in [-0.1, -0.05) is 117 Å². The van der Waals surface area contributed by atoms with Gasteiger partial charge in [0.2, 0.25) is 0 Å². The number of aliphatic hydroxyl groups excluding tert-OH is 1. The van der Waals surface area contributed by atoms with Gasteiger partial charge in [0, 0.05) is 50.4 Å². The number of hydrogen-bond acceptors (Lipinski definition) is 4. The van der Waals surface area contributed by atoms with Gasteiger partial charge in [-0.15, -0.1) is 69.8 Å². The smallest absolute Gasteiger partial charge is 0.389 e. The Morgan fingerprint density at radius 1 is 0.716 bits per heavy atom. The summed E-state index contributed by atoms with van der Waals surface area (Å²) in [5.74, 6) is -0.165. The van der Waals surface area contributed by atoms with Crippen molar-refractivity contribution in [1.82, 2.24) is 9.97 Å². The van der Waals surface area contributed by atoms with Crippen molar-refractivity contribution in [2.24, 2.45) is 11.8 Å². The van der Waals surface area contributed by atoms with Gasteiger partial charge in [0.05, 0.1) is 14.9 Å². The minimum Gasteiger partial charge on any atom is -0.512 e. The van der Waals surface area contributed by atoms with E-state index < -0.39 is 24.3 Å². The van der Waals surface area contributed by atoms with Gasteiger partial charge in [-0.25, -0.2) is 0 Å². The van der Waals surface area contributed by atoms with Crippen LogP contribution >= 0.6 is 0 Å². The average molecular weight is 1090 g/mol. The van der Waals surface area contributed by atoms with Crippen LogP contribution in [0.3, 0.4) is 0 Å². The minimum atomic E-state index is -4.33. The Bertz CT molecular complexity index is 2700. The standard InChI is InChI=1S/C24H26N.C22H22N.C13H21F3O2.Ir/c1-16(2)21-12-17(3)13-22(15-21)24-23-9-8-19(18-6-4-5-7-18)14-20(23)10-11-25-24;1-15-11-16(2)13-20(12-15)22-21-8-7-18(17-5-3-4-6-17)14-19(21)9-10-23-22;1-4-9(5-2)11(17)7-12(18)10(6-3)8-13(14,15)16;/h8-12,14-16,18H,4-7H2,1-3H3;7-12,14,17H,3-6H2,1-2H3;7,9-10,18H,4-6,8H2,1-3H3;/q2*-1;;/b;;12-7-;/i11D;10D;;. The van der Waals surface area contributed by atoms with E-state index in [-0.39, 0.29) is 38.2 Å². The summed E-state index contributed by atoms with van der Waals surface area (Å²) >= 11 is 0. The molecule has 2 aromatic heterocycles. The summed E-state index contributed by atoms with van der Waals surface area (Å²) in [5.41, 5.74) is 11.3. The number of aromatic nitrogens is 2. The molecular formula is C59H69F3IrN2O2-2. The Labute approximate surface area is 414 Å². The third kappa shape index (κ3) is 14.4. The molecule has 8 rings (SSSR count). The quantitative estimate of drug-likeness (QED) is 0.0753. The Hall–Kier alpha value is -4.65. The summed E-state index contributed by atoms with van der Waals surface area (Å²) in [6, 6.07) is 32.8. The summed E-state index contributed by atoms with van der Waals surface area (Å²) in [6.45, 7) is 15.9. The molecule has 359 valence electrons. The molecule has 6 aromatic rings. The van der Waals surface area contributed by atoms with Crippen molar-refractivity contribution in [2.75, 3.05) is 0 Å². The van der Waals surface area contributed by atoms with Crippen LogP contribution in [0.4, 0.5) is 13.2 Å². The first-order valence-corrected chi connectivity index (χ1v) is 24.2. The van der Waals surface area contributed by atoms with Crippen LogP contribution in [0.1, 0.15) is 166 Å². The number of pyridine rings is 2. The molecule has 1 radical (unpaired) electrons. The number of fused-ring (bicyclic) bond motifs is 2. The number of ketones is 1. The van der Waals surface area contributed by atoms with Crippen molar-refractivity contribution in [3.8, 4) is 22.5 Å². The summed E-state index contributed by atoms with van der Waals surface area (Å²) < 4.78 is 53.1. The molecule has 2 fully saturated rings. The van der Waals surface area contributed by atoms with Gasteiger partial charge >= 0.3 is 6.18 Å². The number of halogens is 3. The molecule has 2 saturated carbocycles. The van der Waals surface area contributed by atoms with Gasteiger partial charge < -0.3 is 15.1 Å². The van der Waals surface area contributed by atoms with E-state index in [1.54, 1.807) is 6.92 Å². The maximum Gasteiger partial charge on any atom is 0.389 e. The van der Waals surface area contributed by atoms with E-state index in [2.05, 4.69) is 117 Å². The van der Waals surface area contributed by atoms with Crippen molar-refractivity contribution < 1.29 is 45.9 Å². The van der Waals surface area contributed by atoms with Gasteiger partial charge in [-0.2, -0.15) is 13.2 Å². The molecule has 1 atom stereocenters. The molecule has 0 spiro atoms. The van der Waals surface area contributed by atoms with E-state index in [1.165, 1.54) is 73.6 Å². The van der Waals surface area contributed by atoms with Crippen LogP contribution in [0, 0.1) is 44.7 Å². The van der Waals surface area contributed by atoms with Gasteiger partial charge in [0.15, 0.2) is 5.78 Å². The molecular weight excluding hydrogens is 1020 g/mol. The predicted molar refractivity (Wildman–Crippen MR) is 267 cm³/mol. The van der Waals surface area contributed by atoms with Crippen molar-refractivity contribution >= 4 is 27.3 Å². The number of benzene rings is 4. The van der Waals surface area contributed by atoms with Crippen LogP contribution < -0.4 is 0 Å². The predicted octanol–water partition coefficient (Wildman–Crippen LogP) is 17.2. The summed E-state index contributed by atoms with van der Waals surface area (Å²) in [6.07, 6.45) is 8.12. The summed E-state index contributed by atoms with van der Waals surface area (Å²) in [7, 11) is 0. The largest absolute Gasteiger partial charge is 0.512 e. The van der Waals surface area contributed by atoms with Crippen molar-refractivity contribution in [3.05, 3.63) is 142 Å². The third-order valence-corrected chi connectivity index (χ3v) is 13.5. The number of carbonyl (C=O) groups is 1. The van der Waals surface area contributed by atoms with Gasteiger partial charge in [0.25, 0.3) is 0 Å². The van der Waals surface area contributed by atoms with Crippen molar-refractivity contribution in [3.63, 3.8) is 0 Å². The van der Waals surface area contributed by atoms with E-state index in [1.807, 2.05) is 26.0 Å². The van der Waals surface area contributed by atoms with E-state index in [4.69, 9.17) is 2.74 Å². The third-order valence-electron chi connectivity index (χ3n) is 13.5. The number of aliphatic hydroxyl groups is 1. The molecule has 2 aliphatic rings. The number of allylic oxidation sites excluding steroid dienone is 2. The Morgan fingerprint density at radius 2 is 1.18 bits per heavy atom. The number of carbonyl (C=O) groups excluding carboxylic acids is 1. The summed E-state index contributed by atoms with van der Waals surface area (Å²) in [5, 5.41) is 14.1. The fourth-order valence-electron chi connectivity index (χ4n) is 9.76. The molecule has 0 amide bonds. The average Bonchev–Trinajstić information content (AvgIpc) is 4.04. The van der Waals surface area contributed by atoms with Crippen LogP contribution in [0.15, 0.2) is 97.0 Å². The molecule has 0 saturated heterocycles. The van der Waals surface area contributed by atoms with Gasteiger partial charge in [-0.05, 0) is 119 Å². The van der Waals surface area contributed by atoms with E-state index >= 15 is 0 Å². The fraction of sp³-hybridized carbons (Fsp3) is 0.441. The molecule has 4 aromatic carbocycles. The topological polar surface area (TPSA) is 63.1 Å². The second-order valence-corrected chi connectivity index (χ2v) is 19.0. The molecule has 2 heterocycles. The van der Waals surface area contributed by atoms with Gasteiger partial charge in [0.1, 0.15) is 0 Å². The van der Waals surface area contributed by atoms with E-state index in [0.717, 1.165) is 61.3 Å². The maximum atomic E-state index is 12.3. The molecule has 2 aliphatic carbocycles.